The molecule has 1 aliphatic rings. The topological polar surface area (TPSA) is 126 Å². The largest absolute Gasteiger partial charge is 0.469 e. The summed E-state index contributed by atoms with van der Waals surface area (Å²) < 4.78 is 21.3. The van der Waals surface area contributed by atoms with Gasteiger partial charge in [0.25, 0.3) is 5.91 Å². The Balaban J connectivity index is 1.81. The highest BCUT2D eigenvalue weighted by Gasteiger charge is 2.24. The van der Waals surface area contributed by atoms with Gasteiger partial charge in [0.1, 0.15) is 6.61 Å². The molecule has 4 N–H and O–H groups in total. The zero-order valence-electron chi connectivity index (χ0n) is 16.5. The molecule has 0 spiro atoms. The van der Waals surface area contributed by atoms with Crippen molar-refractivity contribution in [2.45, 2.75) is 12.6 Å². The van der Waals surface area contributed by atoms with E-state index in [1.54, 1.807) is 4.90 Å². The third-order valence-electron chi connectivity index (χ3n) is 4.70. The number of morpholine rings is 1. The van der Waals surface area contributed by atoms with Crippen molar-refractivity contribution < 1.29 is 28.4 Å². The summed E-state index contributed by atoms with van der Waals surface area (Å²) in [5, 5.41) is 0. The quantitative estimate of drug-likeness (QED) is 0.506. The molecular formula is C20H26N3O6P. The lowest BCUT2D eigenvalue weighted by Gasteiger charge is -2.30. The summed E-state index contributed by atoms with van der Waals surface area (Å²) in [6, 6.07) is 17.1. The summed E-state index contributed by atoms with van der Waals surface area (Å²) in [7, 11) is -4.66. The minimum atomic E-state index is -4.66. The van der Waals surface area contributed by atoms with E-state index in [1.807, 2.05) is 59.5 Å². The molecule has 9 nitrogen and oxygen atoms in total. The van der Waals surface area contributed by atoms with Crippen molar-refractivity contribution in [3.63, 3.8) is 0 Å². The van der Waals surface area contributed by atoms with E-state index in [2.05, 4.69) is 0 Å². The van der Waals surface area contributed by atoms with Crippen molar-refractivity contribution in [3.05, 3.63) is 60.2 Å². The Morgan fingerprint density at radius 2 is 1.87 bits per heavy atom. The van der Waals surface area contributed by atoms with E-state index >= 15 is 0 Å². The maximum Gasteiger partial charge on any atom is 0.469 e. The molecule has 162 valence electrons. The molecule has 1 amide bonds. The van der Waals surface area contributed by atoms with E-state index < -0.39 is 13.9 Å². The SMILES string of the molecule is NC[C@@H](CN(Cc1ccccc1)c1ccc(N2CCOCC2=O)cc1)OP(=O)(O)O. The van der Waals surface area contributed by atoms with Crippen molar-refractivity contribution in [1.82, 2.24) is 0 Å². The van der Waals surface area contributed by atoms with Crippen LogP contribution in [0.4, 0.5) is 11.4 Å². The number of amides is 1. The molecule has 1 aliphatic heterocycles. The normalized spacial score (nSPS) is 15.8. The monoisotopic (exact) mass is 435 g/mol. The molecule has 2 aromatic rings. The highest BCUT2D eigenvalue weighted by atomic mass is 31.2. The predicted octanol–water partition coefficient (Wildman–Crippen LogP) is 1.49. The van der Waals surface area contributed by atoms with Gasteiger partial charge in [-0.1, -0.05) is 30.3 Å². The van der Waals surface area contributed by atoms with Crippen LogP contribution < -0.4 is 15.5 Å². The van der Waals surface area contributed by atoms with Crippen LogP contribution in [-0.2, 0) is 25.2 Å². The molecule has 30 heavy (non-hydrogen) atoms. The number of carbonyl (C=O) groups is 1. The fraction of sp³-hybridized carbons (Fsp3) is 0.350. The smallest absolute Gasteiger partial charge is 0.370 e. The van der Waals surface area contributed by atoms with Crippen LogP contribution >= 0.6 is 7.82 Å². The number of phosphoric acid groups is 1. The second-order valence-electron chi connectivity index (χ2n) is 6.93. The molecule has 10 heteroatoms. The van der Waals surface area contributed by atoms with E-state index in [0.29, 0.717) is 19.7 Å². The second kappa shape index (κ2) is 10.2. The van der Waals surface area contributed by atoms with Crippen molar-refractivity contribution in [3.8, 4) is 0 Å². The third-order valence-corrected chi connectivity index (χ3v) is 5.27. The van der Waals surface area contributed by atoms with Gasteiger partial charge in [-0.15, -0.1) is 0 Å². The Hall–Kier alpha value is -2.26. The first-order valence-corrected chi connectivity index (χ1v) is 11.1. The molecule has 0 aliphatic carbocycles. The van der Waals surface area contributed by atoms with Crippen LogP contribution in [0.3, 0.4) is 0 Å². The molecule has 2 aromatic carbocycles. The van der Waals surface area contributed by atoms with Gasteiger partial charge in [0.2, 0.25) is 0 Å². The number of hydrogen-bond donors (Lipinski definition) is 3. The van der Waals surface area contributed by atoms with Crippen LogP contribution in [0, 0.1) is 0 Å². The van der Waals surface area contributed by atoms with Gasteiger partial charge in [-0.3, -0.25) is 9.32 Å². The molecule has 0 bridgehead atoms. The Bertz CT molecular complexity index is 874. The fourth-order valence-electron chi connectivity index (χ4n) is 3.29. The summed E-state index contributed by atoms with van der Waals surface area (Å²) in [6.45, 7) is 1.70. The van der Waals surface area contributed by atoms with Crippen LogP contribution in [-0.4, -0.2) is 54.6 Å². The van der Waals surface area contributed by atoms with Crippen molar-refractivity contribution >= 4 is 25.1 Å². The van der Waals surface area contributed by atoms with Crippen molar-refractivity contribution in [2.75, 3.05) is 42.6 Å². The van der Waals surface area contributed by atoms with Gasteiger partial charge in [-0.25, -0.2) is 4.57 Å². The van der Waals surface area contributed by atoms with E-state index in [1.165, 1.54) is 0 Å². The third kappa shape index (κ3) is 6.37. The molecule has 0 aromatic heterocycles. The second-order valence-corrected chi connectivity index (χ2v) is 8.13. The van der Waals surface area contributed by atoms with Crippen LogP contribution in [0.2, 0.25) is 0 Å². The first-order valence-electron chi connectivity index (χ1n) is 9.57. The average molecular weight is 435 g/mol. The van der Waals surface area contributed by atoms with Crippen molar-refractivity contribution in [1.29, 1.82) is 0 Å². The molecule has 0 radical (unpaired) electrons. The summed E-state index contributed by atoms with van der Waals surface area (Å²) >= 11 is 0. The number of hydrogen-bond acceptors (Lipinski definition) is 6. The fourth-order valence-corrected chi connectivity index (χ4v) is 3.83. The molecule has 1 atom stereocenters. The molecule has 1 heterocycles. The number of phosphoric ester groups is 1. The molecule has 3 rings (SSSR count). The molecule has 1 fully saturated rings. The number of ether oxygens (including phenoxy) is 1. The van der Waals surface area contributed by atoms with Gasteiger partial charge in [0, 0.05) is 37.6 Å². The Labute approximate surface area is 175 Å². The van der Waals surface area contributed by atoms with Gasteiger partial charge in [0.05, 0.1) is 12.7 Å². The summed E-state index contributed by atoms with van der Waals surface area (Å²) in [4.78, 5) is 34.0. The lowest BCUT2D eigenvalue weighted by atomic mass is 10.1. The van der Waals surface area contributed by atoms with Crippen LogP contribution in [0.1, 0.15) is 5.56 Å². The summed E-state index contributed by atoms with van der Waals surface area (Å²) in [5.74, 6) is -0.0895. The Morgan fingerprint density at radius 1 is 1.17 bits per heavy atom. The van der Waals surface area contributed by atoms with Gasteiger partial charge in [-0.2, -0.15) is 0 Å². The number of anilines is 2. The van der Waals surface area contributed by atoms with E-state index in [4.69, 9.17) is 24.8 Å². The number of carbonyl (C=O) groups excluding carboxylic acids is 1. The Morgan fingerprint density at radius 3 is 2.47 bits per heavy atom. The minimum Gasteiger partial charge on any atom is -0.370 e. The highest BCUT2D eigenvalue weighted by molar-refractivity contribution is 7.46. The highest BCUT2D eigenvalue weighted by Crippen LogP contribution is 2.38. The zero-order valence-corrected chi connectivity index (χ0v) is 17.4. The van der Waals surface area contributed by atoms with Gasteiger partial charge in [-0.05, 0) is 29.8 Å². The van der Waals surface area contributed by atoms with E-state index in [0.717, 1.165) is 16.9 Å². The zero-order chi connectivity index (χ0) is 21.6. The average Bonchev–Trinajstić information content (AvgIpc) is 2.73. The first kappa shape index (κ1) is 22.4. The molecule has 0 saturated carbocycles. The van der Waals surface area contributed by atoms with E-state index in [9.17, 15) is 9.36 Å². The number of nitrogens with two attached hydrogens (primary N) is 1. The lowest BCUT2D eigenvalue weighted by molar-refractivity contribution is -0.125. The standard InChI is InChI=1S/C20H26N3O6P/c21-12-19(29-30(25,26)27)14-22(13-16-4-2-1-3-5-16)17-6-8-18(9-7-17)23-10-11-28-15-20(23)24/h1-9,19H,10-15,21H2,(H2,25,26,27)/t19-/m0/s1. The van der Waals surface area contributed by atoms with Crippen LogP contribution in [0.15, 0.2) is 54.6 Å². The lowest BCUT2D eigenvalue weighted by Crippen LogP contribution is -2.41. The Kier molecular flexibility index (Phi) is 7.60. The predicted molar refractivity (Wildman–Crippen MR) is 113 cm³/mol. The number of rotatable bonds is 9. The minimum absolute atomic E-state index is 0.0449. The van der Waals surface area contributed by atoms with Gasteiger partial charge < -0.3 is 30.1 Å². The molecular weight excluding hydrogens is 409 g/mol. The molecule has 1 saturated heterocycles. The summed E-state index contributed by atoms with van der Waals surface area (Å²) in [6.07, 6.45) is -0.852. The van der Waals surface area contributed by atoms with Gasteiger partial charge in [0.15, 0.2) is 0 Å². The number of nitrogens with zero attached hydrogens (tertiary/aromatic N) is 2. The van der Waals surface area contributed by atoms with Crippen LogP contribution in [0.5, 0.6) is 0 Å². The molecule has 0 unspecified atom stereocenters. The number of benzene rings is 2. The summed E-state index contributed by atoms with van der Waals surface area (Å²) in [5.41, 5.74) is 8.30. The van der Waals surface area contributed by atoms with Crippen molar-refractivity contribution in [2.24, 2.45) is 5.73 Å². The maximum absolute atomic E-state index is 12.1. The maximum atomic E-state index is 12.1. The van der Waals surface area contributed by atoms with E-state index in [-0.39, 0.29) is 25.6 Å². The van der Waals surface area contributed by atoms with Crippen LogP contribution in [0.25, 0.3) is 0 Å². The van der Waals surface area contributed by atoms with Gasteiger partial charge >= 0.3 is 7.82 Å². The first-order chi connectivity index (χ1) is 14.4.